The molecule has 0 aliphatic carbocycles. The summed E-state index contributed by atoms with van der Waals surface area (Å²) in [6, 6.07) is 0. The second-order valence-corrected chi connectivity index (χ2v) is 9.42. The molecule has 1 atom stereocenters. The molecule has 0 aliphatic rings. The Morgan fingerprint density at radius 1 is 1.12 bits per heavy atom. The zero-order valence-electron chi connectivity index (χ0n) is 9.60. The Hall–Kier alpha value is 0.340. The minimum absolute atomic E-state index is 0.0421. The number of nitrogens with one attached hydrogen (secondary N) is 1. The fraction of sp³-hybridized carbons (Fsp3) is 1.00. The maximum absolute atomic E-state index is 11.4. The maximum Gasteiger partial charge on any atom is 0.212 e. The summed E-state index contributed by atoms with van der Waals surface area (Å²) < 4.78 is 46.8. The fourth-order valence-electron chi connectivity index (χ4n) is 0.776. The highest BCUT2D eigenvalue weighted by Gasteiger charge is 2.17. The predicted octanol–water partition coefficient (Wildman–Crippen LogP) is 0.370. The summed E-state index contributed by atoms with van der Waals surface area (Å²) in [4.78, 5) is 0.0421. The smallest absolute Gasteiger partial charge is 0.212 e. The van der Waals surface area contributed by atoms with Crippen LogP contribution in [0.15, 0.2) is 0 Å². The van der Waals surface area contributed by atoms with Crippen molar-refractivity contribution in [3.63, 3.8) is 0 Å². The molecule has 16 heavy (non-hydrogen) atoms. The third kappa shape index (κ3) is 8.49. The summed E-state index contributed by atoms with van der Waals surface area (Å²) in [6.07, 6.45) is 1.02. The van der Waals surface area contributed by atoms with E-state index in [-0.39, 0.29) is 22.9 Å². The van der Waals surface area contributed by atoms with E-state index >= 15 is 0 Å². The predicted molar refractivity (Wildman–Crippen MR) is 69.1 cm³/mol. The third-order valence-electron chi connectivity index (χ3n) is 1.94. The van der Waals surface area contributed by atoms with Gasteiger partial charge in [-0.15, -0.1) is 0 Å². The number of hydrogen-bond donors (Lipinski definition) is 1. The molecular formula is C8H18BrNO4S2. The highest BCUT2D eigenvalue weighted by molar-refractivity contribution is 9.09. The van der Waals surface area contributed by atoms with Crippen LogP contribution in [0.3, 0.4) is 0 Å². The van der Waals surface area contributed by atoms with Crippen molar-refractivity contribution in [3.05, 3.63) is 0 Å². The van der Waals surface area contributed by atoms with Crippen molar-refractivity contribution in [1.82, 2.24) is 4.72 Å². The summed E-state index contributed by atoms with van der Waals surface area (Å²) in [6.45, 7) is 4.19. The molecule has 0 aliphatic heterocycles. The second-order valence-electron chi connectivity index (χ2n) is 4.06. The molecule has 0 aromatic heterocycles. The number of alkyl halides is 1. The van der Waals surface area contributed by atoms with E-state index in [9.17, 15) is 16.8 Å². The van der Waals surface area contributed by atoms with E-state index in [1.165, 1.54) is 0 Å². The van der Waals surface area contributed by atoms with Crippen molar-refractivity contribution >= 4 is 35.8 Å². The van der Waals surface area contributed by atoms with Crippen LogP contribution in [0, 0.1) is 5.92 Å². The second kappa shape index (κ2) is 6.32. The molecule has 0 rings (SSSR count). The lowest BCUT2D eigenvalue weighted by Gasteiger charge is -2.14. The molecule has 5 nitrogen and oxygen atoms in total. The number of sulfone groups is 1. The quantitative estimate of drug-likeness (QED) is 0.681. The summed E-state index contributed by atoms with van der Waals surface area (Å²) in [5, 5.41) is 0. The molecule has 0 amide bonds. The number of halogens is 1. The number of rotatable bonds is 7. The molecule has 0 spiro atoms. The Kier molecular flexibility index (Phi) is 6.45. The average molecular weight is 336 g/mol. The monoisotopic (exact) mass is 335 g/mol. The van der Waals surface area contributed by atoms with Gasteiger partial charge >= 0.3 is 0 Å². The Balaban J connectivity index is 4.17. The van der Waals surface area contributed by atoms with E-state index in [0.29, 0.717) is 5.92 Å². The SMILES string of the molecule is CC(C)C(Br)CNS(=O)(=O)CCS(C)(=O)=O. The van der Waals surface area contributed by atoms with Gasteiger partial charge in [0.05, 0.1) is 11.5 Å². The van der Waals surface area contributed by atoms with Gasteiger partial charge < -0.3 is 0 Å². The first-order valence-corrected chi connectivity index (χ1v) is 9.45. The van der Waals surface area contributed by atoms with Gasteiger partial charge in [-0.2, -0.15) is 0 Å². The summed E-state index contributed by atoms with van der Waals surface area (Å²) >= 11 is 3.34. The molecule has 0 radical (unpaired) electrons. The standard InChI is InChI=1S/C8H18BrNO4S2/c1-7(2)8(9)6-10-16(13,14)5-4-15(3,11)12/h7-8,10H,4-6H2,1-3H3. The number of hydrogen-bond acceptors (Lipinski definition) is 4. The van der Waals surface area contributed by atoms with Crippen molar-refractivity contribution in [2.24, 2.45) is 5.92 Å². The minimum atomic E-state index is -3.50. The molecule has 0 aromatic rings. The summed E-state index contributed by atoms with van der Waals surface area (Å²) in [5.74, 6) is -0.432. The molecule has 0 bridgehead atoms. The average Bonchev–Trinajstić information content (AvgIpc) is 2.10. The van der Waals surface area contributed by atoms with Gasteiger partial charge in [0, 0.05) is 17.6 Å². The van der Waals surface area contributed by atoms with Crippen LogP contribution in [0.4, 0.5) is 0 Å². The Morgan fingerprint density at radius 2 is 1.62 bits per heavy atom. The lowest BCUT2D eigenvalue weighted by atomic mass is 10.1. The highest BCUT2D eigenvalue weighted by atomic mass is 79.9. The largest absolute Gasteiger partial charge is 0.229 e. The van der Waals surface area contributed by atoms with E-state index in [4.69, 9.17) is 0 Å². The van der Waals surface area contributed by atoms with Gasteiger partial charge in [0.1, 0.15) is 9.84 Å². The molecule has 8 heteroatoms. The van der Waals surface area contributed by atoms with E-state index in [1.807, 2.05) is 13.8 Å². The molecule has 0 aromatic carbocycles. The lowest BCUT2D eigenvalue weighted by Crippen LogP contribution is -2.35. The first kappa shape index (κ1) is 16.3. The Bertz CT molecular complexity index is 402. The summed E-state index contributed by atoms with van der Waals surface area (Å²) in [7, 11) is -6.75. The normalized spacial score (nSPS) is 15.3. The van der Waals surface area contributed by atoms with Gasteiger partial charge in [-0.3, -0.25) is 0 Å². The zero-order chi connectivity index (χ0) is 13.0. The van der Waals surface area contributed by atoms with Crippen molar-refractivity contribution in [1.29, 1.82) is 0 Å². The van der Waals surface area contributed by atoms with Crippen molar-refractivity contribution in [2.75, 3.05) is 24.3 Å². The molecule has 0 fully saturated rings. The van der Waals surface area contributed by atoms with E-state index in [2.05, 4.69) is 20.7 Å². The van der Waals surface area contributed by atoms with Crippen molar-refractivity contribution in [2.45, 2.75) is 18.7 Å². The molecule has 0 saturated heterocycles. The Morgan fingerprint density at radius 3 is 2.00 bits per heavy atom. The molecule has 1 unspecified atom stereocenters. The van der Waals surface area contributed by atoms with Crippen LogP contribution in [-0.2, 0) is 19.9 Å². The van der Waals surface area contributed by atoms with Crippen LogP contribution in [0.2, 0.25) is 0 Å². The van der Waals surface area contributed by atoms with Gasteiger partial charge in [-0.1, -0.05) is 29.8 Å². The van der Waals surface area contributed by atoms with Gasteiger partial charge in [0.15, 0.2) is 0 Å². The van der Waals surface area contributed by atoms with Gasteiger partial charge in [0.2, 0.25) is 10.0 Å². The first-order valence-electron chi connectivity index (χ1n) is 4.82. The molecule has 0 saturated carbocycles. The van der Waals surface area contributed by atoms with Crippen LogP contribution in [0.25, 0.3) is 0 Å². The van der Waals surface area contributed by atoms with Crippen LogP contribution < -0.4 is 4.72 Å². The first-order chi connectivity index (χ1) is 7.03. The van der Waals surface area contributed by atoms with Gasteiger partial charge in [-0.25, -0.2) is 21.6 Å². The molecule has 0 heterocycles. The van der Waals surface area contributed by atoms with Crippen LogP contribution in [0.1, 0.15) is 13.8 Å². The van der Waals surface area contributed by atoms with Gasteiger partial charge in [0.25, 0.3) is 0 Å². The van der Waals surface area contributed by atoms with Crippen LogP contribution >= 0.6 is 15.9 Å². The molecule has 98 valence electrons. The third-order valence-corrected chi connectivity index (χ3v) is 5.88. The zero-order valence-corrected chi connectivity index (χ0v) is 12.8. The Labute approximate surface area is 106 Å². The lowest BCUT2D eigenvalue weighted by molar-refractivity contribution is 0.562. The van der Waals surface area contributed by atoms with Crippen LogP contribution in [0.5, 0.6) is 0 Å². The van der Waals surface area contributed by atoms with Gasteiger partial charge in [-0.05, 0) is 5.92 Å². The van der Waals surface area contributed by atoms with Crippen molar-refractivity contribution < 1.29 is 16.8 Å². The summed E-state index contributed by atoms with van der Waals surface area (Å²) in [5.41, 5.74) is 0. The minimum Gasteiger partial charge on any atom is -0.229 e. The number of sulfonamides is 1. The maximum atomic E-state index is 11.4. The topological polar surface area (TPSA) is 80.3 Å². The van der Waals surface area contributed by atoms with Crippen molar-refractivity contribution in [3.8, 4) is 0 Å². The van der Waals surface area contributed by atoms with E-state index in [0.717, 1.165) is 6.26 Å². The van der Waals surface area contributed by atoms with E-state index in [1.54, 1.807) is 0 Å². The van der Waals surface area contributed by atoms with Crippen LogP contribution in [-0.4, -0.2) is 46.0 Å². The molecular weight excluding hydrogens is 318 g/mol. The fourth-order valence-corrected chi connectivity index (χ4v) is 3.82. The highest BCUT2D eigenvalue weighted by Crippen LogP contribution is 2.10. The molecule has 1 N–H and O–H groups in total. The van der Waals surface area contributed by atoms with E-state index < -0.39 is 19.9 Å².